The standard InChI is InChI=1S/C35H21N5/c1-2-10-22(11-3-1)39-28-16-8-5-13-24(28)31-26-20-36-21-38-33(26)32-25-14-6-9-17-29(25)40(35(32)34(31)39)30-18-19-37-27-15-7-4-12-23(27)30/h1-21H. The van der Waals surface area contributed by atoms with Gasteiger partial charge < -0.3 is 9.13 Å². The Morgan fingerprint density at radius 2 is 1.15 bits per heavy atom. The van der Waals surface area contributed by atoms with Gasteiger partial charge in [-0.3, -0.25) is 4.98 Å². The SMILES string of the molecule is c1ccc(-n2c3ccccc3c3c4cncnc4c4c5ccccc5n(-c5ccnc6ccccc56)c4c32)cc1. The minimum atomic E-state index is 0.960. The molecule has 186 valence electrons. The van der Waals surface area contributed by atoms with E-state index >= 15 is 0 Å². The maximum Gasteiger partial charge on any atom is 0.116 e. The largest absolute Gasteiger partial charge is 0.307 e. The van der Waals surface area contributed by atoms with Crippen LogP contribution >= 0.6 is 0 Å². The Bertz CT molecular complexity index is 2430. The monoisotopic (exact) mass is 511 g/mol. The first-order chi connectivity index (χ1) is 19.9. The molecular weight excluding hydrogens is 490 g/mol. The van der Waals surface area contributed by atoms with E-state index in [2.05, 4.69) is 122 Å². The van der Waals surface area contributed by atoms with Gasteiger partial charge >= 0.3 is 0 Å². The van der Waals surface area contributed by atoms with Crippen molar-refractivity contribution in [2.24, 2.45) is 0 Å². The number of aromatic nitrogens is 5. The Morgan fingerprint density at radius 3 is 1.98 bits per heavy atom. The van der Waals surface area contributed by atoms with E-state index in [4.69, 9.17) is 4.98 Å². The number of hydrogen-bond acceptors (Lipinski definition) is 3. The van der Waals surface area contributed by atoms with E-state index in [1.807, 2.05) is 18.5 Å². The maximum atomic E-state index is 4.92. The first kappa shape index (κ1) is 21.4. The van der Waals surface area contributed by atoms with Crippen molar-refractivity contribution in [2.75, 3.05) is 0 Å². The van der Waals surface area contributed by atoms with Crippen molar-refractivity contribution in [3.05, 3.63) is 128 Å². The van der Waals surface area contributed by atoms with E-state index in [0.29, 0.717) is 0 Å². The molecule has 0 saturated heterocycles. The van der Waals surface area contributed by atoms with E-state index in [0.717, 1.165) is 71.4 Å². The molecule has 4 aromatic heterocycles. The minimum absolute atomic E-state index is 0.960. The predicted octanol–water partition coefficient (Wildman–Crippen LogP) is 8.37. The Hall–Kier alpha value is -5.55. The summed E-state index contributed by atoms with van der Waals surface area (Å²) in [4.78, 5) is 14.1. The van der Waals surface area contributed by atoms with Crippen LogP contribution < -0.4 is 0 Å². The Balaban J connectivity index is 1.67. The van der Waals surface area contributed by atoms with Crippen LogP contribution in [-0.4, -0.2) is 24.1 Å². The molecule has 0 fully saturated rings. The van der Waals surface area contributed by atoms with Crippen LogP contribution in [0.5, 0.6) is 0 Å². The third-order valence-corrected chi connectivity index (χ3v) is 8.07. The average molecular weight is 512 g/mol. The molecule has 40 heavy (non-hydrogen) atoms. The number of nitrogens with zero attached hydrogens (tertiary/aromatic N) is 5. The summed E-state index contributed by atoms with van der Waals surface area (Å²) in [5, 5.41) is 6.78. The summed E-state index contributed by atoms with van der Waals surface area (Å²) >= 11 is 0. The molecule has 0 radical (unpaired) electrons. The van der Waals surface area contributed by atoms with Gasteiger partial charge in [-0.2, -0.15) is 0 Å². The Morgan fingerprint density at radius 1 is 0.500 bits per heavy atom. The van der Waals surface area contributed by atoms with Gasteiger partial charge in [0.05, 0.1) is 38.8 Å². The van der Waals surface area contributed by atoms with Crippen LogP contribution in [0, 0.1) is 0 Å². The molecule has 5 heteroatoms. The molecule has 0 aliphatic carbocycles. The highest BCUT2D eigenvalue weighted by Gasteiger charge is 2.25. The highest BCUT2D eigenvalue weighted by molar-refractivity contribution is 6.35. The zero-order valence-electron chi connectivity index (χ0n) is 21.4. The van der Waals surface area contributed by atoms with E-state index in [1.165, 1.54) is 5.39 Å². The molecule has 5 aromatic carbocycles. The summed E-state index contributed by atoms with van der Waals surface area (Å²) in [6.07, 6.45) is 5.54. The van der Waals surface area contributed by atoms with Crippen LogP contribution in [0.25, 0.3) is 76.8 Å². The molecule has 0 amide bonds. The lowest BCUT2D eigenvalue weighted by Gasteiger charge is -2.14. The summed E-state index contributed by atoms with van der Waals surface area (Å²) in [5.41, 5.74) is 8.68. The van der Waals surface area contributed by atoms with Gasteiger partial charge in [0, 0.05) is 50.4 Å². The normalized spacial score (nSPS) is 12.0. The van der Waals surface area contributed by atoms with Crippen LogP contribution in [0.15, 0.2) is 128 Å². The lowest BCUT2D eigenvalue weighted by Crippen LogP contribution is -2.00. The summed E-state index contributed by atoms with van der Waals surface area (Å²) in [6, 6.07) is 38.4. The van der Waals surface area contributed by atoms with E-state index in [-0.39, 0.29) is 0 Å². The van der Waals surface area contributed by atoms with Crippen LogP contribution in [-0.2, 0) is 0 Å². The molecule has 0 aliphatic rings. The van der Waals surface area contributed by atoms with Crippen LogP contribution in [0.2, 0.25) is 0 Å². The molecule has 4 heterocycles. The molecule has 9 aromatic rings. The molecule has 0 saturated carbocycles. The second-order valence-corrected chi connectivity index (χ2v) is 10.1. The first-order valence-electron chi connectivity index (χ1n) is 13.4. The number of hydrogen-bond donors (Lipinski definition) is 0. The lowest BCUT2D eigenvalue weighted by atomic mass is 10.0. The quantitative estimate of drug-likeness (QED) is 0.234. The molecule has 9 rings (SSSR count). The van der Waals surface area contributed by atoms with E-state index < -0.39 is 0 Å². The fourth-order valence-corrected chi connectivity index (χ4v) is 6.52. The van der Waals surface area contributed by atoms with Gasteiger partial charge in [0.25, 0.3) is 0 Å². The van der Waals surface area contributed by atoms with Crippen LogP contribution in [0.1, 0.15) is 0 Å². The molecular formula is C35H21N5. The van der Waals surface area contributed by atoms with E-state index in [9.17, 15) is 0 Å². The fourth-order valence-electron chi connectivity index (χ4n) is 6.52. The number of pyridine rings is 1. The Labute approximate surface area is 228 Å². The molecule has 0 atom stereocenters. The van der Waals surface area contributed by atoms with Crippen molar-refractivity contribution in [3.63, 3.8) is 0 Å². The Kier molecular flexibility index (Phi) is 4.27. The van der Waals surface area contributed by atoms with Crippen molar-refractivity contribution < 1.29 is 0 Å². The van der Waals surface area contributed by atoms with Gasteiger partial charge in [-0.25, -0.2) is 9.97 Å². The molecule has 0 aliphatic heterocycles. The number of rotatable bonds is 2. The van der Waals surface area contributed by atoms with Gasteiger partial charge in [-0.15, -0.1) is 0 Å². The highest BCUT2D eigenvalue weighted by atomic mass is 15.1. The summed E-state index contributed by atoms with van der Waals surface area (Å²) in [5.74, 6) is 0. The smallest absolute Gasteiger partial charge is 0.116 e. The van der Waals surface area contributed by atoms with Gasteiger partial charge in [-0.1, -0.05) is 72.8 Å². The number of benzene rings is 5. The summed E-state index contributed by atoms with van der Waals surface area (Å²) in [6.45, 7) is 0. The zero-order chi connectivity index (χ0) is 26.2. The van der Waals surface area contributed by atoms with Crippen molar-refractivity contribution in [1.82, 2.24) is 24.1 Å². The van der Waals surface area contributed by atoms with Gasteiger partial charge in [-0.05, 0) is 36.4 Å². The lowest BCUT2D eigenvalue weighted by molar-refractivity contribution is 1.15. The van der Waals surface area contributed by atoms with Crippen molar-refractivity contribution in [3.8, 4) is 11.4 Å². The van der Waals surface area contributed by atoms with Crippen LogP contribution in [0.3, 0.4) is 0 Å². The molecule has 0 unspecified atom stereocenters. The van der Waals surface area contributed by atoms with Gasteiger partial charge in [0.15, 0.2) is 0 Å². The molecule has 0 bridgehead atoms. The first-order valence-corrected chi connectivity index (χ1v) is 13.4. The molecule has 5 nitrogen and oxygen atoms in total. The second kappa shape index (κ2) is 7.98. The molecule has 0 spiro atoms. The van der Waals surface area contributed by atoms with Crippen molar-refractivity contribution in [2.45, 2.75) is 0 Å². The topological polar surface area (TPSA) is 48.5 Å². The second-order valence-electron chi connectivity index (χ2n) is 10.1. The maximum absolute atomic E-state index is 4.92. The number of fused-ring (bicyclic) bond motifs is 11. The third-order valence-electron chi connectivity index (χ3n) is 8.07. The zero-order valence-corrected chi connectivity index (χ0v) is 21.4. The average Bonchev–Trinajstić information content (AvgIpc) is 3.55. The minimum Gasteiger partial charge on any atom is -0.307 e. The van der Waals surface area contributed by atoms with E-state index in [1.54, 1.807) is 6.33 Å². The highest BCUT2D eigenvalue weighted by Crippen LogP contribution is 2.46. The fraction of sp³-hybridized carbons (Fsp3) is 0. The summed E-state index contributed by atoms with van der Waals surface area (Å²) < 4.78 is 4.81. The summed E-state index contributed by atoms with van der Waals surface area (Å²) in [7, 11) is 0. The van der Waals surface area contributed by atoms with Crippen LogP contribution in [0.4, 0.5) is 0 Å². The van der Waals surface area contributed by atoms with Gasteiger partial charge in [0.1, 0.15) is 6.33 Å². The number of para-hydroxylation sites is 4. The van der Waals surface area contributed by atoms with Crippen molar-refractivity contribution >= 4 is 65.4 Å². The van der Waals surface area contributed by atoms with Crippen molar-refractivity contribution in [1.29, 1.82) is 0 Å². The predicted molar refractivity (Wildman–Crippen MR) is 164 cm³/mol. The van der Waals surface area contributed by atoms with Gasteiger partial charge in [0.2, 0.25) is 0 Å². The molecule has 0 N–H and O–H groups in total. The third kappa shape index (κ3) is 2.73.